The highest BCUT2D eigenvalue weighted by atomic mass is 16.5. The zero-order chi connectivity index (χ0) is 20.5. The van der Waals surface area contributed by atoms with Gasteiger partial charge in [-0.05, 0) is 69.4 Å². The molecule has 0 aliphatic carbocycles. The lowest BCUT2D eigenvalue weighted by molar-refractivity contribution is -0.121. The van der Waals surface area contributed by atoms with Crippen molar-refractivity contribution in [1.82, 2.24) is 5.32 Å². The van der Waals surface area contributed by atoms with Crippen LogP contribution in [0.4, 0.5) is 0 Å². The number of hydrogen-bond donors (Lipinski definition) is 1. The first-order chi connectivity index (χ1) is 13.5. The number of rotatable bonds is 10. The van der Waals surface area contributed by atoms with Crippen molar-refractivity contribution in [1.29, 1.82) is 0 Å². The number of ether oxygens (including phenoxy) is 2. The number of aryl methyl sites for hydroxylation is 3. The van der Waals surface area contributed by atoms with Crippen LogP contribution in [-0.2, 0) is 11.2 Å². The number of amides is 1. The summed E-state index contributed by atoms with van der Waals surface area (Å²) in [6.45, 7) is 11.4. The van der Waals surface area contributed by atoms with Gasteiger partial charge in [0, 0.05) is 6.42 Å². The van der Waals surface area contributed by atoms with Gasteiger partial charge in [-0.1, -0.05) is 36.8 Å². The van der Waals surface area contributed by atoms with Crippen LogP contribution in [-0.4, -0.2) is 19.1 Å². The fraction of sp³-hybridized carbons (Fsp3) is 0.458. The topological polar surface area (TPSA) is 47.6 Å². The van der Waals surface area contributed by atoms with E-state index in [1.54, 1.807) is 0 Å². The van der Waals surface area contributed by atoms with Crippen LogP contribution in [0.25, 0.3) is 0 Å². The third-order valence-corrected chi connectivity index (χ3v) is 4.79. The van der Waals surface area contributed by atoms with E-state index >= 15 is 0 Å². The van der Waals surface area contributed by atoms with Gasteiger partial charge < -0.3 is 14.8 Å². The van der Waals surface area contributed by atoms with Gasteiger partial charge in [-0.25, -0.2) is 0 Å². The van der Waals surface area contributed by atoms with Crippen LogP contribution >= 0.6 is 0 Å². The van der Waals surface area contributed by atoms with E-state index in [2.05, 4.69) is 44.3 Å². The van der Waals surface area contributed by atoms with E-state index in [9.17, 15) is 4.79 Å². The minimum Gasteiger partial charge on any atom is -0.490 e. The van der Waals surface area contributed by atoms with Crippen LogP contribution in [0.2, 0.25) is 0 Å². The van der Waals surface area contributed by atoms with Gasteiger partial charge in [-0.3, -0.25) is 4.79 Å². The quantitative estimate of drug-likeness (QED) is 0.605. The molecule has 28 heavy (non-hydrogen) atoms. The van der Waals surface area contributed by atoms with E-state index in [1.807, 2.05) is 32.0 Å². The Hall–Kier alpha value is -2.49. The number of carbonyl (C=O) groups excluding carboxylic acids is 1. The predicted molar refractivity (Wildman–Crippen MR) is 114 cm³/mol. The van der Waals surface area contributed by atoms with Crippen molar-refractivity contribution in [3.05, 3.63) is 58.7 Å². The average molecular weight is 384 g/mol. The van der Waals surface area contributed by atoms with Crippen LogP contribution in [0.1, 0.15) is 61.9 Å². The number of benzene rings is 2. The van der Waals surface area contributed by atoms with Gasteiger partial charge in [0.1, 0.15) is 0 Å². The molecule has 4 heteroatoms. The molecule has 152 valence electrons. The molecule has 0 saturated carbocycles. The standard InChI is InChI=1S/C24H33NO3/c1-6-21(20-12-9-17(4)15-18(20)5)25-24(26)14-11-19-10-13-22(27-7-2)23(16-19)28-8-3/h9-10,12-13,15-16,21H,6-8,11,14H2,1-5H3,(H,25,26). The van der Waals surface area contributed by atoms with Crippen molar-refractivity contribution < 1.29 is 14.3 Å². The van der Waals surface area contributed by atoms with Crippen molar-refractivity contribution in [3.8, 4) is 11.5 Å². The third kappa shape index (κ3) is 6.01. The van der Waals surface area contributed by atoms with Gasteiger partial charge in [0.05, 0.1) is 19.3 Å². The zero-order valence-corrected chi connectivity index (χ0v) is 17.8. The van der Waals surface area contributed by atoms with Crippen molar-refractivity contribution in [2.75, 3.05) is 13.2 Å². The molecule has 4 nitrogen and oxygen atoms in total. The summed E-state index contributed by atoms with van der Waals surface area (Å²) >= 11 is 0. The third-order valence-electron chi connectivity index (χ3n) is 4.79. The molecule has 0 fully saturated rings. The first-order valence-electron chi connectivity index (χ1n) is 10.2. The van der Waals surface area contributed by atoms with Gasteiger partial charge in [0.25, 0.3) is 0 Å². The summed E-state index contributed by atoms with van der Waals surface area (Å²) in [7, 11) is 0. The Bertz CT molecular complexity index is 785. The number of carbonyl (C=O) groups is 1. The lowest BCUT2D eigenvalue weighted by Crippen LogP contribution is -2.28. The molecule has 0 aliphatic heterocycles. The predicted octanol–water partition coefficient (Wildman–Crippen LogP) is 5.30. The lowest BCUT2D eigenvalue weighted by Gasteiger charge is -2.20. The second kappa shape index (κ2) is 10.7. The van der Waals surface area contributed by atoms with Crippen molar-refractivity contribution in [2.24, 2.45) is 0 Å². The summed E-state index contributed by atoms with van der Waals surface area (Å²) in [6.07, 6.45) is 1.98. The summed E-state index contributed by atoms with van der Waals surface area (Å²) in [4.78, 5) is 12.6. The number of nitrogens with one attached hydrogen (secondary N) is 1. The minimum atomic E-state index is 0.0485. The minimum absolute atomic E-state index is 0.0485. The molecule has 0 radical (unpaired) electrons. The van der Waals surface area contributed by atoms with Gasteiger partial charge in [-0.2, -0.15) is 0 Å². The SMILES string of the molecule is CCOc1ccc(CCC(=O)NC(CC)c2ccc(C)cc2C)cc1OCC. The average Bonchev–Trinajstić information content (AvgIpc) is 2.67. The Kier molecular flexibility index (Phi) is 8.37. The van der Waals surface area contributed by atoms with E-state index in [0.29, 0.717) is 26.1 Å². The maximum absolute atomic E-state index is 12.6. The van der Waals surface area contributed by atoms with Crippen LogP contribution < -0.4 is 14.8 Å². The Morgan fingerprint density at radius 1 is 0.964 bits per heavy atom. The zero-order valence-electron chi connectivity index (χ0n) is 17.8. The van der Waals surface area contributed by atoms with Crippen LogP contribution in [0, 0.1) is 13.8 Å². The number of hydrogen-bond acceptors (Lipinski definition) is 3. The molecule has 2 aromatic rings. The smallest absolute Gasteiger partial charge is 0.220 e. The van der Waals surface area contributed by atoms with E-state index in [0.717, 1.165) is 23.5 Å². The molecule has 1 atom stereocenters. The summed E-state index contributed by atoms with van der Waals surface area (Å²) in [6, 6.07) is 12.3. The second-order valence-electron chi connectivity index (χ2n) is 7.04. The van der Waals surface area contributed by atoms with Crippen LogP contribution in [0.3, 0.4) is 0 Å². The molecule has 0 bridgehead atoms. The normalized spacial score (nSPS) is 11.8. The summed E-state index contributed by atoms with van der Waals surface area (Å²) < 4.78 is 11.3. The van der Waals surface area contributed by atoms with Gasteiger partial charge in [-0.15, -0.1) is 0 Å². The Morgan fingerprint density at radius 2 is 1.68 bits per heavy atom. The highest BCUT2D eigenvalue weighted by Crippen LogP contribution is 2.29. The Balaban J connectivity index is 1.99. The highest BCUT2D eigenvalue weighted by molar-refractivity contribution is 5.76. The lowest BCUT2D eigenvalue weighted by atomic mass is 9.97. The molecule has 0 saturated heterocycles. The fourth-order valence-corrected chi connectivity index (χ4v) is 3.39. The maximum atomic E-state index is 12.6. The molecule has 0 heterocycles. The van der Waals surface area contributed by atoms with Crippen molar-refractivity contribution >= 4 is 5.91 Å². The van der Waals surface area contributed by atoms with Crippen molar-refractivity contribution in [3.63, 3.8) is 0 Å². The summed E-state index contributed by atoms with van der Waals surface area (Å²) in [5.74, 6) is 1.56. The Morgan fingerprint density at radius 3 is 2.32 bits per heavy atom. The fourth-order valence-electron chi connectivity index (χ4n) is 3.39. The molecule has 0 aromatic heterocycles. The van der Waals surface area contributed by atoms with Gasteiger partial charge >= 0.3 is 0 Å². The molecule has 2 aromatic carbocycles. The molecule has 1 amide bonds. The molecule has 2 rings (SSSR count). The highest BCUT2D eigenvalue weighted by Gasteiger charge is 2.15. The van der Waals surface area contributed by atoms with Crippen molar-refractivity contribution in [2.45, 2.75) is 59.9 Å². The monoisotopic (exact) mass is 383 g/mol. The summed E-state index contributed by atoms with van der Waals surface area (Å²) in [5, 5.41) is 3.19. The van der Waals surface area contributed by atoms with Crippen LogP contribution in [0.5, 0.6) is 11.5 Å². The van der Waals surface area contributed by atoms with E-state index in [4.69, 9.17) is 9.47 Å². The summed E-state index contributed by atoms with van der Waals surface area (Å²) in [5.41, 5.74) is 4.73. The molecular weight excluding hydrogens is 350 g/mol. The molecule has 0 aliphatic rings. The van der Waals surface area contributed by atoms with E-state index < -0.39 is 0 Å². The second-order valence-corrected chi connectivity index (χ2v) is 7.04. The maximum Gasteiger partial charge on any atom is 0.220 e. The van der Waals surface area contributed by atoms with E-state index in [-0.39, 0.29) is 11.9 Å². The van der Waals surface area contributed by atoms with E-state index in [1.165, 1.54) is 16.7 Å². The molecular formula is C24H33NO3. The van der Waals surface area contributed by atoms with Crippen LogP contribution in [0.15, 0.2) is 36.4 Å². The largest absolute Gasteiger partial charge is 0.490 e. The van der Waals surface area contributed by atoms with Gasteiger partial charge in [0.2, 0.25) is 5.91 Å². The first-order valence-corrected chi connectivity index (χ1v) is 10.2. The molecule has 0 spiro atoms. The Labute approximate surface area is 169 Å². The first kappa shape index (κ1) is 21.8. The van der Waals surface area contributed by atoms with Gasteiger partial charge in [0.15, 0.2) is 11.5 Å². The molecule has 1 unspecified atom stereocenters. The molecule has 1 N–H and O–H groups in total.